The van der Waals surface area contributed by atoms with E-state index in [1.807, 2.05) is 0 Å². The fourth-order valence-electron chi connectivity index (χ4n) is 1.46. The van der Waals surface area contributed by atoms with Crippen LogP contribution in [0.4, 0.5) is 0 Å². The molecule has 1 aliphatic rings. The van der Waals surface area contributed by atoms with Crippen LogP contribution in [-0.4, -0.2) is 31.2 Å². The average Bonchev–Trinajstić information content (AvgIpc) is 1.64. The van der Waals surface area contributed by atoms with Crippen LogP contribution in [0.5, 0.6) is 0 Å². The maximum atomic E-state index is 2.35. The molecule has 0 aromatic rings. The van der Waals surface area contributed by atoms with Gasteiger partial charge in [-0.15, -0.1) is 0 Å². The molecule has 0 spiro atoms. The highest BCUT2D eigenvalue weighted by Crippen LogP contribution is 2.15. The van der Waals surface area contributed by atoms with E-state index in [0.717, 1.165) is 0 Å². The highest BCUT2D eigenvalue weighted by Gasteiger charge is 2.28. The van der Waals surface area contributed by atoms with Crippen molar-refractivity contribution in [1.82, 2.24) is 0 Å². The second kappa shape index (κ2) is 2.06. The molecule has 0 bridgehead atoms. The molecule has 0 aromatic carbocycles. The van der Waals surface area contributed by atoms with Crippen molar-refractivity contribution in [3.8, 4) is 0 Å². The predicted octanol–water partition coefficient (Wildman–Crippen LogP) is 1.25. The lowest BCUT2D eigenvalue weighted by atomic mass is 10.1. The minimum Gasteiger partial charge on any atom is -0.326 e. The van der Waals surface area contributed by atoms with Crippen molar-refractivity contribution >= 4 is 0 Å². The number of nitrogens with zero attached hydrogens (tertiary/aromatic N) is 1. The van der Waals surface area contributed by atoms with Gasteiger partial charge in [-0.2, -0.15) is 0 Å². The Morgan fingerprint density at radius 2 is 2.00 bits per heavy atom. The largest absolute Gasteiger partial charge is 0.326 e. The summed E-state index contributed by atoms with van der Waals surface area (Å²) in [6.07, 6.45) is 2.80. The Hall–Kier alpha value is -0.0400. The van der Waals surface area contributed by atoms with Crippen molar-refractivity contribution in [3.63, 3.8) is 0 Å². The molecule has 0 amide bonds. The second-order valence-corrected chi connectivity index (χ2v) is 3.14. The molecule has 0 radical (unpaired) electrons. The maximum absolute atomic E-state index is 2.35. The van der Waals surface area contributed by atoms with E-state index >= 15 is 0 Å². The third kappa shape index (κ3) is 1.03. The summed E-state index contributed by atoms with van der Waals surface area (Å²) in [6.45, 7) is 6.50. The first-order valence-corrected chi connectivity index (χ1v) is 3.60. The van der Waals surface area contributed by atoms with Gasteiger partial charge in [0.15, 0.2) is 0 Å². The molecular weight excluding hydrogens is 98.1 g/mol. The van der Waals surface area contributed by atoms with Crippen LogP contribution in [0.3, 0.4) is 0 Å². The first-order valence-electron chi connectivity index (χ1n) is 3.60. The number of rotatable bonds is 2. The van der Waals surface area contributed by atoms with Crippen LogP contribution >= 0.6 is 0 Å². The summed E-state index contributed by atoms with van der Waals surface area (Å²) in [6, 6.07) is 0. The highest BCUT2D eigenvalue weighted by molar-refractivity contribution is 4.50. The zero-order valence-corrected chi connectivity index (χ0v) is 5.98. The second-order valence-electron chi connectivity index (χ2n) is 3.14. The van der Waals surface area contributed by atoms with Crippen LogP contribution in [0.2, 0.25) is 0 Å². The molecule has 0 atom stereocenters. The lowest BCUT2D eigenvalue weighted by Gasteiger charge is -2.41. The standard InChI is InChI=1S/C7H16N/c1-3-5-8(2)6-4-7-8/h3-7H2,1-2H3/q+1. The third-order valence-corrected chi connectivity index (χ3v) is 2.16. The van der Waals surface area contributed by atoms with E-state index in [1.54, 1.807) is 0 Å². The number of likely N-dealkylation sites (tertiary alicyclic amines) is 1. The minimum atomic E-state index is 1.34. The quantitative estimate of drug-likeness (QED) is 0.474. The summed E-state index contributed by atoms with van der Waals surface area (Å²) in [5.74, 6) is 0. The van der Waals surface area contributed by atoms with Crippen LogP contribution < -0.4 is 0 Å². The highest BCUT2D eigenvalue weighted by atomic mass is 15.4. The van der Waals surface area contributed by atoms with E-state index in [2.05, 4.69) is 14.0 Å². The average molecular weight is 114 g/mol. The van der Waals surface area contributed by atoms with E-state index < -0.39 is 0 Å². The van der Waals surface area contributed by atoms with Crippen LogP contribution in [0.25, 0.3) is 0 Å². The fraction of sp³-hybridized carbons (Fsp3) is 1.00. The molecule has 1 fully saturated rings. The van der Waals surface area contributed by atoms with Gasteiger partial charge in [0.1, 0.15) is 0 Å². The van der Waals surface area contributed by atoms with Crippen molar-refractivity contribution in [2.75, 3.05) is 26.7 Å². The summed E-state index contributed by atoms with van der Waals surface area (Å²) in [4.78, 5) is 0. The molecule has 0 aromatic heterocycles. The number of hydrogen-bond acceptors (Lipinski definition) is 0. The van der Waals surface area contributed by atoms with Gasteiger partial charge in [0.05, 0.1) is 26.7 Å². The summed E-state index contributed by atoms with van der Waals surface area (Å²) < 4.78 is 1.34. The molecule has 0 unspecified atom stereocenters. The molecule has 1 heterocycles. The van der Waals surface area contributed by atoms with Crippen LogP contribution in [0.15, 0.2) is 0 Å². The first-order chi connectivity index (χ1) is 3.77. The monoisotopic (exact) mass is 114 g/mol. The van der Waals surface area contributed by atoms with E-state index in [0.29, 0.717) is 0 Å². The lowest BCUT2D eigenvalue weighted by molar-refractivity contribution is -0.946. The van der Waals surface area contributed by atoms with Crippen molar-refractivity contribution in [2.45, 2.75) is 19.8 Å². The molecule has 48 valence electrons. The molecule has 1 heteroatoms. The molecular formula is C7H16N+. The molecule has 1 rings (SSSR count). The van der Waals surface area contributed by atoms with Crippen molar-refractivity contribution < 1.29 is 4.48 Å². The Morgan fingerprint density at radius 3 is 2.12 bits per heavy atom. The summed E-state index contributed by atoms with van der Waals surface area (Å²) >= 11 is 0. The van der Waals surface area contributed by atoms with Gasteiger partial charge in [0, 0.05) is 6.42 Å². The smallest absolute Gasteiger partial charge is 0.0839 e. The van der Waals surface area contributed by atoms with Gasteiger partial charge in [0.25, 0.3) is 0 Å². The summed E-state index contributed by atoms with van der Waals surface area (Å²) in [5, 5.41) is 0. The van der Waals surface area contributed by atoms with Gasteiger partial charge in [-0.25, -0.2) is 0 Å². The van der Waals surface area contributed by atoms with Gasteiger partial charge in [-0.3, -0.25) is 0 Å². The topological polar surface area (TPSA) is 0 Å². The zero-order valence-electron chi connectivity index (χ0n) is 5.98. The van der Waals surface area contributed by atoms with Crippen molar-refractivity contribution in [2.24, 2.45) is 0 Å². The predicted molar refractivity (Wildman–Crippen MR) is 35.7 cm³/mol. The van der Waals surface area contributed by atoms with E-state index in [1.165, 1.54) is 37.0 Å². The van der Waals surface area contributed by atoms with Gasteiger partial charge in [-0.1, -0.05) is 6.92 Å². The van der Waals surface area contributed by atoms with Crippen LogP contribution in [0.1, 0.15) is 19.8 Å². The maximum Gasteiger partial charge on any atom is 0.0839 e. The Bertz CT molecular complexity index is 74.5. The zero-order chi connectivity index (χ0) is 6.04. The molecule has 0 saturated carbocycles. The third-order valence-electron chi connectivity index (χ3n) is 2.16. The lowest BCUT2D eigenvalue weighted by Crippen LogP contribution is -2.54. The molecule has 8 heavy (non-hydrogen) atoms. The Labute approximate surface area is 51.9 Å². The number of hydrogen-bond donors (Lipinski definition) is 0. The fourth-order valence-corrected chi connectivity index (χ4v) is 1.46. The Kier molecular flexibility index (Phi) is 1.57. The SMILES string of the molecule is CCC[N+]1(C)CCC1. The molecule has 1 nitrogen and oxygen atoms in total. The van der Waals surface area contributed by atoms with E-state index in [-0.39, 0.29) is 0 Å². The first kappa shape index (κ1) is 6.09. The van der Waals surface area contributed by atoms with Crippen LogP contribution in [-0.2, 0) is 0 Å². The minimum absolute atomic E-state index is 1.34. The van der Waals surface area contributed by atoms with Gasteiger partial charge >= 0.3 is 0 Å². The van der Waals surface area contributed by atoms with Crippen molar-refractivity contribution in [1.29, 1.82) is 0 Å². The van der Waals surface area contributed by atoms with E-state index in [4.69, 9.17) is 0 Å². The molecule has 1 aliphatic heterocycles. The Morgan fingerprint density at radius 1 is 1.38 bits per heavy atom. The Balaban J connectivity index is 2.20. The summed E-state index contributed by atoms with van der Waals surface area (Å²) in [7, 11) is 2.35. The summed E-state index contributed by atoms with van der Waals surface area (Å²) in [5.41, 5.74) is 0. The van der Waals surface area contributed by atoms with Crippen molar-refractivity contribution in [3.05, 3.63) is 0 Å². The van der Waals surface area contributed by atoms with Gasteiger partial charge < -0.3 is 4.48 Å². The molecule has 0 aliphatic carbocycles. The van der Waals surface area contributed by atoms with E-state index in [9.17, 15) is 0 Å². The number of quaternary nitrogens is 1. The van der Waals surface area contributed by atoms with Gasteiger partial charge in [0.2, 0.25) is 0 Å². The molecule has 1 saturated heterocycles. The normalized spacial score (nSPS) is 24.8. The molecule has 0 N–H and O–H groups in total. The van der Waals surface area contributed by atoms with Crippen LogP contribution in [0, 0.1) is 0 Å². The van der Waals surface area contributed by atoms with Gasteiger partial charge in [-0.05, 0) is 6.42 Å².